The molecular weight excluding hydrogens is 248 g/mol. The molecule has 1 aliphatic rings. The molecule has 0 fully saturated rings. The fourth-order valence-electron chi connectivity index (χ4n) is 2.68. The lowest BCUT2D eigenvalue weighted by Gasteiger charge is -2.12. The van der Waals surface area contributed by atoms with Crippen molar-refractivity contribution in [2.45, 2.75) is 26.2 Å². The second-order valence-corrected chi connectivity index (χ2v) is 5.26. The van der Waals surface area contributed by atoms with E-state index in [4.69, 9.17) is 15.7 Å². The average Bonchev–Trinajstić information content (AvgIpc) is 2.93. The van der Waals surface area contributed by atoms with Crippen LogP contribution >= 0.6 is 0 Å². The maximum absolute atomic E-state index is 5.58. The molecule has 3 rings (SSSR count). The minimum absolute atomic E-state index is 0.610. The van der Waals surface area contributed by atoms with E-state index in [2.05, 4.69) is 30.4 Å². The van der Waals surface area contributed by atoms with Gasteiger partial charge in [-0.2, -0.15) is 0 Å². The summed E-state index contributed by atoms with van der Waals surface area (Å²) in [5.74, 6) is 1.78. The summed E-state index contributed by atoms with van der Waals surface area (Å²) >= 11 is 0. The van der Waals surface area contributed by atoms with Crippen molar-refractivity contribution < 1.29 is 0 Å². The predicted molar refractivity (Wildman–Crippen MR) is 81.8 cm³/mol. The van der Waals surface area contributed by atoms with Gasteiger partial charge in [0.15, 0.2) is 5.82 Å². The molecule has 3 N–H and O–H groups in total. The van der Waals surface area contributed by atoms with E-state index in [1.165, 1.54) is 23.2 Å². The molecule has 0 radical (unpaired) electrons. The second kappa shape index (κ2) is 5.59. The van der Waals surface area contributed by atoms with Crippen LogP contribution in [0.3, 0.4) is 0 Å². The second-order valence-electron chi connectivity index (χ2n) is 5.26. The average molecular weight is 268 g/mol. The highest BCUT2D eigenvalue weighted by molar-refractivity contribution is 5.61. The van der Waals surface area contributed by atoms with Crippen molar-refractivity contribution >= 4 is 5.82 Å². The number of aryl methyl sites for hydroxylation is 2. The molecule has 20 heavy (non-hydrogen) atoms. The van der Waals surface area contributed by atoms with Gasteiger partial charge in [-0.05, 0) is 32.3 Å². The van der Waals surface area contributed by atoms with Crippen LogP contribution in [-0.4, -0.2) is 23.1 Å². The van der Waals surface area contributed by atoms with Crippen molar-refractivity contribution in [3.05, 3.63) is 41.1 Å². The Morgan fingerprint density at radius 3 is 2.95 bits per heavy atom. The number of nitrogens with two attached hydrogens (primary N) is 1. The van der Waals surface area contributed by atoms with E-state index in [-0.39, 0.29) is 0 Å². The van der Waals surface area contributed by atoms with Crippen molar-refractivity contribution in [2.24, 2.45) is 5.73 Å². The van der Waals surface area contributed by atoms with Crippen molar-refractivity contribution in [2.75, 3.05) is 18.4 Å². The minimum atomic E-state index is 0.610. The van der Waals surface area contributed by atoms with Crippen molar-refractivity contribution in [1.29, 1.82) is 0 Å². The Kier molecular flexibility index (Phi) is 3.65. The van der Waals surface area contributed by atoms with E-state index in [1.54, 1.807) is 0 Å². The van der Waals surface area contributed by atoms with Crippen LogP contribution < -0.4 is 11.1 Å². The summed E-state index contributed by atoms with van der Waals surface area (Å²) in [6, 6.07) is 8.33. The third kappa shape index (κ3) is 2.51. The zero-order valence-electron chi connectivity index (χ0n) is 11.8. The number of benzene rings is 1. The summed E-state index contributed by atoms with van der Waals surface area (Å²) in [5.41, 5.74) is 10.4. The maximum atomic E-state index is 5.58. The Bertz CT molecular complexity index is 622. The molecule has 0 unspecified atom stereocenters. The molecule has 1 aromatic heterocycles. The SMILES string of the molecule is Cc1cccc(-c2nc3c(c(NCCN)n2)CCC3)c1. The van der Waals surface area contributed by atoms with Crippen molar-refractivity contribution in [3.8, 4) is 11.4 Å². The fourth-order valence-corrected chi connectivity index (χ4v) is 2.68. The number of fused-ring (bicyclic) bond motifs is 1. The molecule has 0 saturated carbocycles. The summed E-state index contributed by atoms with van der Waals surface area (Å²) < 4.78 is 0. The van der Waals surface area contributed by atoms with E-state index in [1.807, 2.05) is 6.07 Å². The monoisotopic (exact) mass is 268 g/mol. The van der Waals surface area contributed by atoms with Crippen LogP contribution in [0.4, 0.5) is 5.82 Å². The normalized spacial score (nSPS) is 13.3. The van der Waals surface area contributed by atoms with Gasteiger partial charge in [0.2, 0.25) is 0 Å². The lowest BCUT2D eigenvalue weighted by Crippen LogP contribution is -2.16. The summed E-state index contributed by atoms with van der Waals surface area (Å²) in [4.78, 5) is 9.47. The summed E-state index contributed by atoms with van der Waals surface area (Å²) in [7, 11) is 0. The van der Waals surface area contributed by atoms with E-state index in [9.17, 15) is 0 Å². The molecule has 4 nitrogen and oxygen atoms in total. The van der Waals surface area contributed by atoms with E-state index in [0.717, 1.165) is 36.6 Å². The molecule has 0 spiro atoms. The lowest BCUT2D eigenvalue weighted by molar-refractivity contribution is 0.899. The highest BCUT2D eigenvalue weighted by Crippen LogP contribution is 2.29. The predicted octanol–water partition coefficient (Wildman–Crippen LogP) is 2.31. The van der Waals surface area contributed by atoms with Crippen LogP contribution in [0.5, 0.6) is 0 Å². The number of anilines is 1. The van der Waals surface area contributed by atoms with E-state index < -0.39 is 0 Å². The first kappa shape index (κ1) is 13.1. The summed E-state index contributed by atoms with van der Waals surface area (Å²) in [6.45, 7) is 3.44. The molecule has 0 saturated heterocycles. The van der Waals surface area contributed by atoms with Crippen LogP contribution in [0, 0.1) is 6.92 Å². The number of hydrogen-bond acceptors (Lipinski definition) is 4. The third-order valence-corrected chi connectivity index (χ3v) is 3.65. The maximum Gasteiger partial charge on any atom is 0.161 e. The number of nitrogens with one attached hydrogen (secondary N) is 1. The van der Waals surface area contributed by atoms with Gasteiger partial charge in [-0.15, -0.1) is 0 Å². The molecule has 1 aliphatic carbocycles. The Morgan fingerprint density at radius 1 is 1.25 bits per heavy atom. The molecule has 0 bridgehead atoms. The standard InChI is InChI=1S/C16H20N4/c1-11-4-2-5-12(10-11)15-19-14-7-3-6-13(14)16(20-15)18-9-8-17/h2,4-5,10H,3,6-9,17H2,1H3,(H,18,19,20). The van der Waals surface area contributed by atoms with Crippen LogP contribution in [0.1, 0.15) is 23.2 Å². The molecule has 1 heterocycles. The summed E-state index contributed by atoms with van der Waals surface area (Å²) in [5, 5.41) is 3.34. The molecular formula is C16H20N4. The molecule has 0 amide bonds. The minimum Gasteiger partial charge on any atom is -0.368 e. The van der Waals surface area contributed by atoms with Gasteiger partial charge in [-0.25, -0.2) is 9.97 Å². The molecule has 0 aliphatic heterocycles. The van der Waals surface area contributed by atoms with Crippen LogP contribution in [0.2, 0.25) is 0 Å². The number of aromatic nitrogens is 2. The molecule has 4 heteroatoms. The Labute approximate surface area is 119 Å². The van der Waals surface area contributed by atoms with Crippen LogP contribution in [-0.2, 0) is 12.8 Å². The third-order valence-electron chi connectivity index (χ3n) is 3.65. The molecule has 2 aromatic rings. The van der Waals surface area contributed by atoms with E-state index >= 15 is 0 Å². The highest BCUT2D eigenvalue weighted by atomic mass is 15.0. The zero-order chi connectivity index (χ0) is 13.9. The van der Waals surface area contributed by atoms with Crippen LogP contribution in [0.25, 0.3) is 11.4 Å². The molecule has 0 atom stereocenters. The van der Waals surface area contributed by atoms with Gasteiger partial charge in [-0.1, -0.05) is 23.8 Å². The first-order chi connectivity index (χ1) is 9.78. The van der Waals surface area contributed by atoms with Gasteiger partial charge in [0, 0.05) is 29.9 Å². The van der Waals surface area contributed by atoms with E-state index in [0.29, 0.717) is 6.54 Å². The first-order valence-corrected chi connectivity index (χ1v) is 7.18. The number of rotatable bonds is 4. The lowest BCUT2D eigenvalue weighted by atomic mass is 10.1. The fraction of sp³-hybridized carbons (Fsp3) is 0.375. The Hall–Kier alpha value is -1.94. The smallest absolute Gasteiger partial charge is 0.161 e. The largest absolute Gasteiger partial charge is 0.368 e. The summed E-state index contributed by atoms with van der Waals surface area (Å²) in [6.07, 6.45) is 3.28. The van der Waals surface area contributed by atoms with Gasteiger partial charge < -0.3 is 11.1 Å². The van der Waals surface area contributed by atoms with Gasteiger partial charge in [-0.3, -0.25) is 0 Å². The van der Waals surface area contributed by atoms with Crippen LogP contribution in [0.15, 0.2) is 24.3 Å². The molecule has 1 aromatic carbocycles. The topological polar surface area (TPSA) is 63.8 Å². The van der Waals surface area contributed by atoms with Crippen molar-refractivity contribution in [3.63, 3.8) is 0 Å². The Morgan fingerprint density at radius 2 is 2.15 bits per heavy atom. The zero-order valence-corrected chi connectivity index (χ0v) is 11.8. The molecule has 104 valence electrons. The number of hydrogen-bond donors (Lipinski definition) is 2. The van der Waals surface area contributed by atoms with Gasteiger partial charge in [0.1, 0.15) is 5.82 Å². The Balaban J connectivity index is 2.04. The van der Waals surface area contributed by atoms with Gasteiger partial charge in [0.25, 0.3) is 0 Å². The van der Waals surface area contributed by atoms with Crippen molar-refractivity contribution in [1.82, 2.24) is 9.97 Å². The number of nitrogens with zero attached hydrogens (tertiary/aromatic N) is 2. The van der Waals surface area contributed by atoms with Gasteiger partial charge in [0.05, 0.1) is 0 Å². The highest BCUT2D eigenvalue weighted by Gasteiger charge is 2.19. The van der Waals surface area contributed by atoms with Gasteiger partial charge >= 0.3 is 0 Å². The first-order valence-electron chi connectivity index (χ1n) is 7.18. The quantitative estimate of drug-likeness (QED) is 0.893.